The number of hydrogen-bond donors (Lipinski definition) is 3. The predicted octanol–water partition coefficient (Wildman–Crippen LogP) is 2.09. The number of halogens is 3. The maximum absolute atomic E-state index is 13.4. The Balaban J connectivity index is 1.77. The number of carbonyl (C=O) groups excluding carboxylic acids is 3. The first-order valence-electron chi connectivity index (χ1n) is 10.9. The smallest absolute Gasteiger partial charge is 0.451 e. The van der Waals surface area contributed by atoms with Crippen molar-refractivity contribution < 1.29 is 51.0 Å². The SMILES string of the molecule is O=C(O)c1ccc(N2C(=O)C(C(=O)C(F)(F)F)C(=O)N(c3ccc(S(=O)(=O)Nc4ncccn4)cc3)C2=S)cc1O. The van der Waals surface area contributed by atoms with E-state index in [0.29, 0.717) is 15.9 Å². The Hall–Kier alpha value is -4.97. The van der Waals surface area contributed by atoms with Crippen molar-refractivity contribution >= 4 is 68.2 Å². The van der Waals surface area contributed by atoms with E-state index < -0.39 is 67.8 Å². The minimum atomic E-state index is -5.62. The van der Waals surface area contributed by atoms with E-state index in [2.05, 4.69) is 14.7 Å². The molecule has 1 aliphatic rings. The van der Waals surface area contributed by atoms with Gasteiger partial charge in [0.2, 0.25) is 5.95 Å². The number of hydrogen-bond acceptors (Lipinski definition) is 10. The van der Waals surface area contributed by atoms with Gasteiger partial charge in [-0.25, -0.2) is 27.9 Å². The molecule has 0 bridgehead atoms. The highest BCUT2D eigenvalue weighted by atomic mass is 32.2. The summed E-state index contributed by atoms with van der Waals surface area (Å²) in [6, 6.07) is 7.78. The number of ketones is 1. The van der Waals surface area contributed by atoms with Gasteiger partial charge in [-0.15, -0.1) is 0 Å². The van der Waals surface area contributed by atoms with Crippen molar-refractivity contribution in [2.75, 3.05) is 14.5 Å². The summed E-state index contributed by atoms with van der Waals surface area (Å²) >= 11 is 5.19. The van der Waals surface area contributed by atoms with E-state index in [-0.39, 0.29) is 16.5 Å². The summed E-state index contributed by atoms with van der Waals surface area (Å²) in [4.78, 5) is 57.5. The van der Waals surface area contributed by atoms with E-state index in [1.165, 1.54) is 18.5 Å². The van der Waals surface area contributed by atoms with Crippen LogP contribution in [-0.4, -0.2) is 63.5 Å². The topological polar surface area (TPSA) is 187 Å². The second-order valence-corrected chi connectivity index (χ2v) is 10.2. The largest absolute Gasteiger partial charge is 0.507 e. The van der Waals surface area contributed by atoms with Crippen molar-refractivity contribution in [1.29, 1.82) is 0 Å². The van der Waals surface area contributed by atoms with Crippen LogP contribution in [-0.2, 0) is 24.4 Å². The van der Waals surface area contributed by atoms with Gasteiger partial charge < -0.3 is 10.2 Å². The second-order valence-electron chi connectivity index (χ2n) is 8.10. The fourth-order valence-corrected chi connectivity index (χ4v) is 5.01. The molecule has 1 fully saturated rings. The molecule has 3 N–H and O–H groups in total. The van der Waals surface area contributed by atoms with Crippen LogP contribution in [0.5, 0.6) is 5.75 Å². The summed E-state index contributed by atoms with van der Waals surface area (Å²) in [5.74, 6) is -11.7. The van der Waals surface area contributed by atoms with Crippen molar-refractivity contribution in [3.63, 3.8) is 0 Å². The molecule has 1 aromatic heterocycles. The van der Waals surface area contributed by atoms with Gasteiger partial charge in [-0.05, 0) is 54.7 Å². The molecule has 1 unspecified atom stereocenters. The molecule has 41 heavy (non-hydrogen) atoms. The standard InChI is InChI=1S/C23H14F3N5O8S2/c24-23(25,26)17(33)16-18(34)30(22(40)31(19(16)35)12-4-7-14(20(36)37)15(32)10-12)11-2-5-13(6-3-11)41(38,39)29-21-27-8-1-9-28-21/h1-10,16,32H,(H,36,37)(H,27,28,29). The van der Waals surface area contributed by atoms with Crippen molar-refractivity contribution in [3.05, 3.63) is 66.5 Å². The molecule has 212 valence electrons. The number of carboxylic acids is 1. The summed E-state index contributed by atoms with van der Waals surface area (Å²) in [7, 11) is -4.26. The first-order chi connectivity index (χ1) is 19.1. The zero-order valence-corrected chi connectivity index (χ0v) is 21.6. The van der Waals surface area contributed by atoms with Crippen LogP contribution in [0.2, 0.25) is 0 Å². The van der Waals surface area contributed by atoms with Gasteiger partial charge in [0, 0.05) is 18.5 Å². The summed E-state index contributed by atoms with van der Waals surface area (Å²) in [6.45, 7) is 0. The maximum Gasteiger partial charge on any atom is 0.451 e. The van der Waals surface area contributed by atoms with Crippen LogP contribution in [0.3, 0.4) is 0 Å². The maximum atomic E-state index is 13.4. The lowest BCUT2D eigenvalue weighted by molar-refractivity contribution is -0.177. The molecule has 2 amide bonds. The van der Waals surface area contributed by atoms with Gasteiger partial charge in [-0.3, -0.25) is 24.2 Å². The molecule has 4 rings (SSSR count). The van der Waals surface area contributed by atoms with E-state index in [0.717, 1.165) is 36.4 Å². The average Bonchev–Trinajstić information content (AvgIpc) is 2.88. The van der Waals surface area contributed by atoms with Gasteiger partial charge in [-0.1, -0.05) is 0 Å². The number of nitrogens with one attached hydrogen (secondary N) is 1. The van der Waals surface area contributed by atoms with Gasteiger partial charge in [0.25, 0.3) is 27.6 Å². The fraction of sp³-hybridized carbons (Fsp3) is 0.0870. The average molecular weight is 610 g/mol. The number of sulfonamides is 1. The third kappa shape index (κ3) is 5.54. The van der Waals surface area contributed by atoms with E-state index in [1.54, 1.807) is 0 Å². The zero-order chi connectivity index (χ0) is 30.3. The monoisotopic (exact) mass is 609 g/mol. The number of benzene rings is 2. The quantitative estimate of drug-likeness (QED) is 0.263. The van der Waals surface area contributed by atoms with Crippen molar-refractivity contribution in [1.82, 2.24) is 9.97 Å². The summed E-state index contributed by atoms with van der Waals surface area (Å²) < 4.78 is 67.6. The lowest BCUT2D eigenvalue weighted by Gasteiger charge is -2.38. The molecular formula is C23H14F3N5O8S2. The Morgan fingerprint density at radius 3 is 2.00 bits per heavy atom. The fourth-order valence-electron chi connectivity index (χ4n) is 3.66. The van der Waals surface area contributed by atoms with Crippen molar-refractivity contribution in [2.45, 2.75) is 11.1 Å². The van der Waals surface area contributed by atoms with E-state index in [1.807, 2.05) is 0 Å². The van der Waals surface area contributed by atoms with Crippen molar-refractivity contribution in [3.8, 4) is 5.75 Å². The molecule has 1 aliphatic heterocycles. The number of rotatable bonds is 7. The second kappa shape index (κ2) is 10.5. The molecule has 2 heterocycles. The Bertz CT molecular complexity index is 1700. The highest BCUT2D eigenvalue weighted by Crippen LogP contribution is 2.35. The van der Waals surface area contributed by atoms with Crippen LogP contribution in [0.25, 0.3) is 0 Å². The Morgan fingerprint density at radius 2 is 1.49 bits per heavy atom. The van der Waals surface area contributed by atoms with Crippen LogP contribution >= 0.6 is 12.2 Å². The summed E-state index contributed by atoms with van der Waals surface area (Å²) in [6.07, 6.45) is -3.07. The Kier molecular flexibility index (Phi) is 7.46. The Morgan fingerprint density at radius 1 is 0.951 bits per heavy atom. The number of aromatic nitrogens is 2. The number of aromatic hydroxyl groups is 1. The highest BCUT2D eigenvalue weighted by Gasteiger charge is 2.56. The molecule has 13 nitrogen and oxygen atoms in total. The molecule has 2 aromatic carbocycles. The molecule has 0 saturated carbocycles. The van der Waals surface area contributed by atoms with Crippen LogP contribution < -0.4 is 14.5 Å². The number of alkyl halides is 3. The first kappa shape index (κ1) is 29.0. The van der Waals surface area contributed by atoms with E-state index in [4.69, 9.17) is 17.3 Å². The predicted molar refractivity (Wildman–Crippen MR) is 136 cm³/mol. The third-order valence-electron chi connectivity index (χ3n) is 5.53. The number of carboxylic acid groups (broad SMARTS) is 1. The number of aromatic carboxylic acids is 1. The number of carbonyl (C=O) groups is 4. The van der Waals surface area contributed by atoms with Gasteiger partial charge in [0.1, 0.15) is 11.3 Å². The van der Waals surface area contributed by atoms with E-state index in [9.17, 15) is 45.9 Å². The van der Waals surface area contributed by atoms with Crippen LogP contribution in [0.1, 0.15) is 10.4 Å². The first-order valence-corrected chi connectivity index (χ1v) is 12.8. The zero-order valence-electron chi connectivity index (χ0n) is 19.9. The molecule has 1 saturated heterocycles. The number of anilines is 3. The number of phenols is 1. The molecular weight excluding hydrogens is 595 g/mol. The summed E-state index contributed by atoms with van der Waals surface area (Å²) in [5.41, 5.74) is -1.39. The number of thiocarbonyl (C=S) groups is 1. The number of nitrogens with zero attached hydrogens (tertiary/aromatic N) is 4. The van der Waals surface area contributed by atoms with Crippen LogP contribution in [0.15, 0.2) is 65.8 Å². The summed E-state index contributed by atoms with van der Waals surface area (Å²) in [5, 5.41) is 18.4. The Labute approximate surface area is 232 Å². The number of amides is 2. The normalized spacial score (nSPS) is 16.1. The molecule has 18 heteroatoms. The lowest BCUT2D eigenvalue weighted by Crippen LogP contribution is -2.63. The molecule has 0 radical (unpaired) electrons. The number of Topliss-reactive ketones (excluding diaryl/α,β-unsaturated/α-hetero) is 1. The molecule has 0 spiro atoms. The highest BCUT2D eigenvalue weighted by molar-refractivity contribution is 7.92. The lowest BCUT2D eigenvalue weighted by atomic mass is 9.96. The molecule has 1 atom stereocenters. The van der Waals surface area contributed by atoms with Crippen LogP contribution in [0, 0.1) is 5.92 Å². The van der Waals surface area contributed by atoms with Crippen molar-refractivity contribution in [2.24, 2.45) is 5.92 Å². The van der Waals surface area contributed by atoms with Gasteiger partial charge in [0.15, 0.2) is 11.0 Å². The van der Waals surface area contributed by atoms with Crippen LogP contribution in [0.4, 0.5) is 30.5 Å². The molecule has 3 aromatic rings. The van der Waals surface area contributed by atoms with Gasteiger partial charge >= 0.3 is 12.1 Å². The van der Waals surface area contributed by atoms with Gasteiger partial charge in [-0.2, -0.15) is 13.2 Å². The minimum Gasteiger partial charge on any atom is -0.507 e. The third-order valence-corrected chi connectivity index (χ3v) is 7.23. The van der Waals surface area contributed by atoms with E-state index >= 15 is 0 Å². The minimum absolute atomic E-state index is 0.260. The molecule has 0 aliphatic carbocycles. The van der Waals surface area contributed by atoms with Gasteiger partial charge in [0.05, 0.1) is 16.3 Å².